The summed E-state index contributed by atoms with van der Waals surface area (Å²) in [6.45, 7) is 0. The van der Waals surface area contributed by atoms with Crippen molar-refractivity contribution in [2.45, 2.75) is 18.4 Å². The summed E-state index contributed by atoms with van der Waals surface area (Å²) in [7, 11) is 1.73. The summed E-state index contributed by atoms with van der Waals surface area (Å²) in [5, 5.41) is 3.74. The van der Waals surface area contributed by atoms with Gasteiger partial charge >= 0.3 is 0 Å². The van der Waals surface area contributed by atoms with E-state index >= 15 is 0 Å². The molecule has 2 nitrogen and oxygen atoms in total. The first-order valence-corrected chi connectivity index (χ1v) is 7.53. The molecule has 1 N–H and O–H groups in total. The number of hydrogen-bond donors (Lipinski definition) is 1. The molecular formula is C19H19NO. The summed E-state index contributed by atoms with van der Waals surface area (Å²) >= 11 is 0. The van der Waals surface area contributed by atoms with E-state index in [0.717, 1.165) is 12.2 Å². The van der Waals surface area contributed by atoms with Crippen LogP contribution in [0.25, 0.3) is 0 Å². The number of rotatable bonds is 2. The smallest absolute Gasteiger partial charge is 0.119 e. The first-order valence-electron chi connectivity index (χ1n) is 7.53. The summed E-state index contributed by atoms with van der Waals surface area (Å²) in [6, 6.07) is 17.5. The molecule has 0 bridgehead atoms. The number of fused-ring (bicyclic) bond motifs is 3. The number of allylic oxidation sites excluding steroid dienone is 2. The summed E-state index contributed by atoms with van der Waals surface area (Å²) < 4.78 is 5.39. The largest absolute Gasteiger partial charge is 0.497 e. The van der Waals surface area contributed by atoms with E-state index in [4.69, 9.17) is 4.74 Å². The second kappa shape index (κ2) is 4.96. The van der Waals surface area contributed by atoms with E-state index in [1.807, 2.05) is 6.07 Å². The fraction of sp³-hybridized carbons (Fsp3) is 0.263. The van der Waals surface area contributed by atoms with Gasteiger partial charge in [-0.05, 0) is 41.7 Å². The van der Waals surface area contributed by atoms with Crippen molar-refractivity contribution in [3.05, 3.63) is 71.8 Å². The lowest BCUT2D eigenvalue weighted by molar-refractivity contribution is 0.405. The fourth-order valence-electron chi connectivity index (χ4n) is 3.69. The van der Waals surface area contributed by atoms with Gasteiger partial charge in [0.05, 0.1) is 13.2 Å². The average Bonchev–Trinajstić information content (AvgIpc) is 3.04. The highest BCUT2D eigenvalue weighted by molar-refractivity contribution is 5.61. The van der Waals surface area contributed by atoms with Crippen molar-refractivity contribution in [3.8, 4) is 5.75 Å². The highest BCUT2D eigenvalue weighted by Gasteiger charge is 2.37. The average molecular weight is 277 g/mol. The van der Waals surface area contributed by atoms with Crippen molar-refractivity contribution in [3.63, 3.8) is 0 Å². The zero-order valence-electron chi connectivity index (χ0n) is 12.1. The highest BCUT2D eigenvalue weighted by atomic mass is 16.5. The molecule has 0 saturated carbocycles. The Kier molecular flexibility index (Phi) is 2.95. The van der Waals surface area contributed by atoms with Crippen molar-refractivity contribution < 1.29 is 4.74 Å². The van der Waals surface area contributed by atoms with Crippen molar-refractivity contribution in [1.29, 1.82) is 0 Å². The lowest BCUT2D eigenvalue weighted by Gasteiger charge is -2.37. The van der Waals surface area contributed by atoms with Crippen LogP contribution in [-0.4, -0.2) is 7.11 Å². The van der Waals surface area contributed by atoms with Crippen molar-refractivity contribution >= 4 is 5.69 Å². The Labute approximate surface area is 125 Å². The molecule has 2 heteroatoms. The minimum atomic E-state index is 0.382. The summed E-state index contributed by atoms with van der Waals surface area (Å²) in [4.78, 5) is 0. The van der Waals surface area contributed by atoms with Gasteiger partial charge < -0.3 is 10.1 Å². The number of methoxy groups -OCH3 is 1. The van der Waals surface area contributed by atoms with Crippen LogP contribution in [-0.2, 0) is 0 Å². The van der Waals surface area contributed by atoms with Crippen LogP contribution in [0.3, 0.4) is 0 Å². The topological polar surface area (TPSA) is 21.3 Å². The highest BCUT2D eigenvalue weighted by Crippen LogP contribution is 2.50. The fourth-order valence-corrected chi connectivity index (χ4v) is 3.69. The van der Waals surface area contributed by atoms with Gasteiger partial charge in [0.15, 0.2) is 0 Å². The quantitative estimate of drug-likeness (QED) is 0.815. The van der Waals surface area contributed by atoms with Gasteiger partial charge in [-0.2, -0.15) is 0 Å². The van der Waals surface area contributed by atoms with Gasteiger partial charge in [-0.1, -0.05) is 42.5 Å². The van der Waals surface area contributed by atoms with Crippen LogP contribution >= 0.6 is 0 Å². The number of hydrogen-bond acceptors (Lipinski definition) is 2. The number of nitrogens with one attached hydrogen (secondary N) is 1. The lowest BCUT2D eigenvalue weighted by Crippen LogP contribution is -2.28. The Morgan fingerprint density at radius 1 is 1.10 bits per heavy atom. The number of benzene rings is 2. The molecule has 0 saturated heterocycles. The summed E-state index contributed by atoms with van der Waals surface area (Å²) in [6.07, 6.45) is 5.81. The monoisotopic (exact) mass is 277 g/mol. The van der Waals surface area contributed by atoms with Crippen LogP contribution in [0, 0.1) is 5.92 Å². The molecule has 106 valence electrons. The zero-order chi connectivity index (χ0) is 14.2. The van der Waals surface area contributed by atoms with Crippen LogP contribution in [0.4, 0.5) is 5.69 Å². The van der Waals surface area contributed by atoms with E-state index in [9.17, 15) is 0 Å². The molecule has 1 heterocycles. The molecule has 1 aliphatic carbocycles. The predicted octanol–water partition coefficient (Wildman–Crippen LogP) is 4.52. The van der Waals surface area contributed by atoms with E-state index in [-0.39, 0.29) is 0 Å². The Hall–Kier alpha value is -2.22. The van der Waals surface area contributed by atoms with E-state index in [1.54, 1.807) is 7.11 Å². The third-order valence-electron chi connectivity index (χ3n) is 4.73. The van der Waals surface area contributed by atoms with Gasteiger partial charge in [0, 0.05) is 11.6 Å². The maximum atomic E-state index is 5.39. The molecular weight excluding hydrogens is 258 g/mol. The number of ether oxygens (including phenoxy) is 1. The van der Waals surface area contributed by atoms with E-state index in [2.05, 4.69) is 59.9 Å². The maximum absolute atomic E-state index is 5.39. The predicted molar refractivity (Wildman–Crippen MR) is 85.8 cm³/mol. The van der Waals surface area contributed by atoms with Crippen LogP contribution in [0.15, 0.2) is 60.7 Å². The van der Waals surface area contributed by atoms with Gasteiger partial charge in [0.2, 0.25) is 0 Å². The van der Waals surface area contributed by atoms with E-state index < -0.39 is 0 Å². The molecule has 3 atom stereocenters. The molecule has 0 radical (unpaired) electrons. The van der Waals surface area contributed by atoms with Gasteiger partial charge in [0.1, 0.15) is 5.75 Å². The second-order valence-electron chi connectivity index (χ2n) is 5.84. The normalized spacial score (nSPS) is 25.9. The molecule has 0 aromatic heterocycles. The lowest BCUT2D eigenvalue weighted by atomic mass is 9.77. The third kappa shape index (κ3) is 2.02. The van der Waals surface area contributed by atoms with Crippen molar-refractivity contribution in [2.24, 2.45) is 5.92 Å². The van der Waals surface area contributed by atoms with Crippen molar-refractivity contribution in [2.75, 3.05) is 12.4 Å². The maximum Gasteiger partial charge on any atom is 0.119 e. The van der Waals surface area contributed by atoms with Gasteiger partial charge in [-0.3, -0.25) is 0 Å². The van der Waals surface area contributed by atoms with Crippen LogP contribution in [0.2, 0.25) is 0 Å². The molecule has 2 aromatic carbocycles. The van der Waals surface area contributed by atoms with Gasteiger partial charge in [0.25, 0.3) is 0 Å². The Bertz CT molecular complexity index is 677. The van der Waals surface area contributed by atoms with E-state index in [1.165, 1.54) is 16.8 Å². The molecule has 4 rings (SSSR count). The molecule has 0 spiro atoms. The van der Waals surface area contributed by atoms with Gasteiger partial charge in [-0.15, -0.1) is 0 Å². The first-order chi connectivity index (χ1) is 10.4. The molecule has 1 aliphatic heterocycles. The molecule has 0 amide bonds. The SMILES string of the molecule is COc1ccc2c(c1)[C@@H]1C=CC[C@@H]1[C@@H](c1ccccc1)N2. The van der Waals surface area contributed by atoms with Crippen LogP contribution < -0.4 is 10.1 Å². The minimum Gasteiger partial charge on any atom is -0.497 e. The van der Waals surface area contributed by atoms with Crippen molar-refractivity contribution in [1.82, 2.24) is 0 Å². The van der Waals surface area contributed by atoms with Gasteiger partial charge in [-0.25, -0.2) is 0 Å². The number of anilines is 1. The molecule has 0 fully saturated rings. The Balaban J connectivity index is 1.78. The molecule has 2 aliphatic rings. The second-order valence-corrected chi connectivity index (χ2v) is 5.84. The minimum absolute atomic E-state index is 0.382. The summed E-state index contributed by atoms with van der Waals surface area (Å²) in [5.74, 6) is 2.02. The van der Waals surface area contributed by atoms with E-state index in [0.29, 0.717) is 17.9 Å². The Morgan fingerprint density at radius 2 is 1.95 bits per heavy atom. The van der Waals surface area contributed by atoms with Crippen LogP contribution in [0.5, 0.6) is 5.75 Å². The Morgan fingerprint density at radius 3 is 2.76 bits per heavy atom. The summed E-state index contributed by atoms with van der Waals surface area (Å²) in [5.41, 5.74) is 3.97. The third-order valence-corrected chi connectivity index (χ3v) is 4.73. The molecule has 2 aromatic rings. The molecule has 0 unspecified atom stereocenters. The van der Waals surface area contributed by atoms with Crippen LogP contribution in [0.1, 0.15) is 29.5 Å². The molecule has 21 heavy (non-hydrogen) atoms. The first kappa shape index (κ1) is 12.5. The zero-order valence-corrected chi connectivity index (χ0v) is 12.1. The standard InChI is InChI=1S/C19H19NO/c1-21-14-10-11-18-17(12-14)15-8-5-9-16(15)19(20-18)13-6-3-2-4-7-13/h2-8,10-12,15-16,19-20H,9H2,1H3/t15-,16+,19-/m1/s1.